The van der Waals surface area contributed by atoms with Crippen molar-refractivity contribution in [3.63, 3.8) is 0 Å². The van der Waals surface area contributed by atoms with Crippen LogP contribution >= 0.6 is 0 Å². The van der Waals surface area contributed by atoms with E-state index in [9.17, 15) is 41.9 Å². The lowest BCUT2D eigenvalue weighted by Crippen LogP contribution is -2.61. The number of nitrogens with zero attached hydrogens (tertiary/aromatic N) is 1. The fraction of sp³-hybridized carbons (Fsp3) is 0.771. The number of halogens is 3. The maximum Gasteiger partial charge on any atom is 0.407 e. The van der Waals surface area contributed by atoms with Crippen LogP contribution in [-0.4, -0.2) is 97.1 Å². The van der Waals surface area contributed by atoms with Crippen LogP contribution in [0.4, 0.5) is 22.8 Å². The smallest absolute Gasteiger partial charge is 0.407 e. The lowest BCUT2D eigenvalue weighted by Gasteiger charge is -2.37. The summed E-state index contributed by atoms with van der Waals surface area (Å²) in [6.07, 6.45) is -1.98. The van der Waals surface area contributed by atoms with Crippen LogP contribution in [0.1, 0.15) is 92.9 Å². The van der Waals surface area contributed by atoms with E-state index in [1.54, 1.807) is 6.92 Å². The molecule has 1 unspecified atom stereocenters. The van der Waals surface area contributed by atoms with Gasteiger partial charge in [0.2, 0.25) is 17.6 Å². The molecule has 0 aromatic heterocycles. The lowest BCUT2D eigenvalue weighted by atomic mass is 9.82. The number of rotatable bonds is 16. The molecular weight excluding hydrogens is 673 g/mol. The minimum atomic E-state index is -4.66. The molecule has 1 aliphatic carbocycles. The summed E-state index contributed by atoms with van der Waals surface area (Å²) in [5.41, 5.74) is -0.542. The Morgan fingerprint density at radius 3 is 2.14 bits per heavy atom. The summed E-state index contributed by atoms with van der Waals surface area (Å²) in [6, 6.07) is -5.29. The van der Waals surface area contributed by atoms with Gasteiger partial charge in [0.25, 0.3) is 5.91 Å². The second-order valence-electron chi connectivity index (χ2n) is 14.8. The van der Waals surface area contributed by atoms with E-state index < -0.39 is 90.1 Å². The summed E-state index contributed by atoms with van der Waals surface area (Å²) in [6.45, 7) is 14.7. The number of hydrogen-bond acceptors (Lipinski definition) is 7. The van der Waals surface area contributed by atoms with Gasteiger partial charge in [-0.05, 0) is 55.8 Å². The Bertz CT molecular complexity index is 1230. The third-order valence-electron chi connectivity index (χ3n) is 9.56. The second-order valence-corrected chi connectivity index (χ2v) is 14.8. The minimum Gasteiger partial charge on any atom is -0.447 e. The number of nitrogens with one attached hydrogen (secondary N) is 5. The summed E-state index contributed by atoms with van der Waals surface area (Å²) in [5, 5.41) is 12.8. The molecule has 1 saturated carbocycles. The van der Waals surface area contributed by atoms with E-state index in [4.69, 9.17) is 4.74 Å². The SMILES string of the molecule is C=CCNC(=O)C(=O)C(CCC(F)(F)F)NC(=O)[C@@H]1[C@@H](C(C)C)CCN1C(=O)[C@@H](NC(=O)N[C@H](COC(=O)NCC)C(C)(C)C)C1CCCCC1. The number of carbonyl (C=O) groups is 6. The van der Waals surface area contributed by atoms with Crippen LogP contribution in [0, 0.1) is 23.2 Å². The van der Waals surface area contributed by atoms with E-state index in [2.05, 4.69) is 33.2 Å². The largest absolute Gasteiger partial charge is 0.447 e. The number of urea groups is 1. The Morgan fingerprint density at radius 1 is 0.941 bits per heavy atom. The Morgan fingerprint density at radius 2 is 1.59 bits per heavy atom. The number of Topliss-reactive ketones (excluding diaryl/α,β-unsaturated/α-hetero) is 1. The fourth-order valence-electron chi connectivity index (χ4n) is 6.57. The molecule has 1 heterocycles. The molecule has 6 amide bonds. The van der Waals surface area contributed by atoms with Gasteiger partial charge in [-0.1, -0.05) is 60.0 Å². The monoisotopic (exact) mass is 730 g/mol. The van der Waals surface area contributed by atoms with Crippen molar-refractivity contribution in [1.82, 2.24) is 31.5 Å². The number of ketones is 1. The molecule has 5 atom stereocenters. The number of amides is 6. The zero-order chi connectivity index (χ0) is 38.5. The third kappa shape index (κ3) is 13.7. The molecule has 13 nitrogen and oxygen atoms in total. The first-order valence-electron chi connectivity index (χ1n) is 17.9. The second kappa shape index (κ2) is 19.7. The van der Waals surface area contributed by atoms with E-state index in [1.165, 1.54) is 11.0 Å². The molecule has 290 valence electrons. The fourth-order valence-corrected chi connectivity index (χ4v) is 6.57. The number of carbonyl (C=O) groups excluding carboxylic acids is 6. The molecule has 2 aliphatic rings. The van der Waals surface area contributed by atoms with Gasteiger partial charge in [-0.15, -0.1) is 6.58 Å². The van der Waals surface area contributed by atoms with Gasteiger partial charge in [0.15, 0.2) is 0 Å². The van der Waals surface area contributed by atoms with E-state index in [-0.39, 0.29) is 31.5 Å². The highest BCUT2D eigenvalue weighted by atomic mass is 19.4. The standard InChI is InChI=1S/C35H57F3N6O7/c1-8-18-40-30(47)28(45)24(15-17-35(36,37)38)41-29(46)27-23(21(3)4)16-19-44(27)31(48)26(22-13-11-10-12-14-22)43-32(49)42-25(34(5,6)7)20-51-33(50)39-9-2/h8,21-27H,1,9-20H2,2-7H3,(H,39,50)(H,40,47)(H,41,46)(H2,42,43,49)/t23-,24?,25-,26+,27+/m1/s1. The van der Waals surface area contributed by atoms with E-state index >= 15 is 0 Å². The molecule has 5 N–H and O–H groups in total. The van der Waals surface area contributed by atoms with Crippen molar-refractivity contribution in [2.75, 3.05) is 26.2 Å². The van der Waals surface area contributed by atoms with Crippen molar-refractivity contribution in [3.8, 4) is 0 Å². The number of alkyl halides is 3. The van der Waals surface area contributed by atoms with Gasteiger partial charge >= 0.3 is 18.3 Å². The molecule has 2 rings (SSSR count). The molecule has 16 heteroatoms. The zero-order valence-corrected chi connectivity index (χ0v) is 30.8. The van der Waals surface area contributed by atoms with E-state index in [0.29, 0.717) is 25.8 Å². The maximum atomic E-state index is 14.5. The molecule has 1 saturated heterocycles. The van der Waals surface area contributed by atoms with Crippen molar-refractivity contribution in [2.24, 2.45) is 23.2 Å². The highest BCUT2D eigenvalue weighted by Gasteiger charge is 2.47. The van der Waals surface area contributed by atoms with Crippen LogP contribution in [0.3, 0.4) is 0 Å². The summed E-state index contributed by atoms with van der Waals surface area (Å²) in [4.78, 5) is 80.7. The molecule has 1 aliphatic heterocycles. The van der Waals surface area contributed by atoms with Crippen molar-refractivity contribution in [3.05, 3.63) is 12.7 Å². The van der Waals surface area contributed by atoms with Crippen molar-refractivity contribution in [2.45, 2.75) is 123 Å². The number of hydrogen-bond donors (Lipinski definition) is 5. The molecule has 0 aromatic rings. The van der Waals surface area contributed by atoms with Crippen LogP contribution < -0.4 is 26.6 Å². The zero-order valence-electron chi connectivity index (χ0n) is 30.8. The van der Waals surface area contributed by atoms with Crippen LogP contribution in [0.25, 0.3) is 0 Å². The maximum absolute atomic E-state index is 14.5. The minimum absolute atomic E-state index is 0.105. The van der Waals surface area contributed by atoms with Gasteiger partial charge in [-0.3, -0.25) is 19.2 Å². The van der Waals surface area contributed by atoms with Crippen molar-refractivity contribution < 1.29 is 46.7 Å². The summed E-state index contributed by atoms with van der Waals surface area (Å²) >= 11 is 0. The summed E-state index contributed by atoms with van der Waals surface area (Å²) in [7, 11) is 0. The average Bonchev–Trinajstić information content (AvgIpc) is 3.51. The third-order valence-corrected chi connectivity index (χ3v) is 9.56. The number of likely N-dealkylation sites (tertiary alicyclic amines) is 1. The predicted molar refractivity (Wildman–Crippen MR) is 184 cm³/mol. The van der Waals surface area contributed by atoms with Gasteiger partial charge in [0.1, 0.15) is 18.7 Å². The lowest BCUT2D eigenvalue weighted by molar-refractivity contribution is -0.147. The first-order valence-corrected chi connectivity index (χ1v) is 17.9. The molecule has 2 fully saturated rings. The number of ether oxygens (including phenoxy) is 1. The van der Waals surface area contributed by atoms with Gasteiger partial charge in [-0.25, -0.2) is 9.59 Å². The van der Waals surface area contributed by atoms with Crippen molar-refractivity contribution in [1.29, 1.82) is 0 Å². The molecular formula is C35H57F3N6O7. The average molecular weight is 731 g/mol. The Labute approximate surface area is 299 Å². The summed E-state index contributed by atoms with van der Waals surface area (Å²) in [5.74, 6) is -4.59. The van der Waals surface area contributed by atoms with E-state index in [1.807, 2.05) is 34.6 Å². The summed E-state index contributed by atoms with van der Waals surface area (Å²) < 4.78 is 45.0. The van der Waals surface area contributed by atoms with Crippen LogP contribution in [0.5, 0.6) is 0 Å². The Hall–Kier alpha value is -3.85. The first kappa shape index (κ1) is 43.3. The Kier molecular flexibility index (Phi) is 16.7. The Balaban J connectivity index is 2.39. The normalized spacial score (nSPS) is 20.1. The van der Waals surface area contributed by atoms with Gasteiger partial charge in [0.05, 0.1) is 12.1 Å². The van der Waals surface area contributed by atoms with Crippen molar-refractivity contribution >= 4 is 35.6 Å². The molecule has 51 heavy (non-hydrogen) atoms. The molecule has 0 radical (unpaired) electrons. The van der Waals surface area contributed by atoms with Gasteiger partial charge < -0.3 is 36.2 Å². The van der Waals surface area contributed by atoms with Crippen LogP contribution in [0.2, 0.25) is 0 Å². The predicted octanol–water partition coefficient (Wildman–Crippen LogP) is 3.97. The van der Waals surface area contributed by atoms with E-state index in [0.717, 1.165) is 19.3 Å². The topological polar surface area (TPSA) is 175 Å². The van der Waals surface area contributed by atoms with Crippen LogP contribution in [0.15, 0.2) is 12.7 Å². The quantitative estimate of drug-likeness (QED) is 0.118. The molecule has 0 aromatic carbocycles. The highest BCUT2D eigenvalue weighted by molar-refractivity contribution is 6.38. The first-order chi connectivity index (χ1) is 23.8. The van der Waals surface area contributed by atoms with Gasteiger partial charge in [-0.2, -0.15) is 13.2 Å². The van der Waals surface area contributed by atoms with Gasteiger partial charge in [0, 0.05) is 26.1 Å². The highest BCUT2D eigenvalue weighted by Crippen LogP contribution is 2.34. The molecule has 0 spiro atoms. The molecule has 0 bridgehead atoms. The van der Waals surface area contributed by atoms with Crippen LogP contribution in [-0.2, 0) is 23.9 Å². The number of alkyl carbamates (subject to hydrolysis) is 1.